The van der Waals surface area contributed by atoms with Crippen LogP contribution in [0.25, 0.3) is 0 Å². The van der Waals surface area contributed by atoms with Gasteiger partial charge in [-0.1, -0.05) is 12.8 Å². The number of anilines is 2. The minimum Gasteiger partial charge on any atom is -0.396 e. The second-order valence-electron chi connectivity index (χ2n) is 5.39. The third-order valence-corrected chi connectivity index (χ3v) is 6.22. The van der Waals surface area contributed by atoms with Crippen molar-refractivity contribution in [2.75, 3.05) is 30.5 Å². The first-order valence-corrected chi connectivity index (χ1v) is 9.29. The highest BCUT2D eigenvalue weighted by molar-refractivity contribution is 7.91. The first-order valence-electron chi connectivity index (χ1n) is 6.58. The highest BCUT2D eigenvalue weighted by Crippen LogP contribution is 2.41. The third kappa shape index (κ3) is 2.91. The smallest absolute Gasteiger partial charge is 0.180 e. The summed E-state index contributed by atoms with van der Waals surface area (Å²) in [4.78, 5) is 2.33. The Morgan fingerprint density at radius 2 is 2.05 bits per heavy atom. The van der Waals surface area contributed by atoms with Gasteiger partial charge >= 0.3 is 0 Å². The molecule has 0 atom stereocenters. The summed E-state index contributed by atoms with van der Waals surface area (Å²) in [5, 5.41) is 9.65. The van der Waals surface area contributed by atoms with Gasteiger partial charge < -0.3 is 10.6 Å². The molecule has 0 aromatic carbocycles. The molecule has 1 fully saturated rings. The molecular formula is C13H19N3O2S2. The maximum atomic E-state index is 11.9. The highest BCUT2D eigenvalue weighted by atomic mass is 32.2. The number of nitriles is 1. The molecule has 1 heterocycles. The molecule has 0 radical (unpaired) electrons. The van der Waals surface area contributed by atoms with Gasteiger partial charge in [-0.15, -0.1) is 11.3 Å². The van der Waals surface area contributed by atoms with Gasteiger partial charge in [0.05, 0.1) is 5.69 Å². The molecule has 0 amide bonds. The van der Waals surface area contributed by atoms with E-state index in [1.165, 1.54) is 37.0 Å². The molecule has 1 aromatic heterocycles. The van der Waals surface area contributed by atoms with Crippen LogP contribution in [0, 0.1) is 17.2 Å². The van der Waals surface area contributed by atoms with Crippen molar-refractivity contribution in [2.45, 2.75) is 30.6 Å². The molecule has 0 bridgehead atoms. The van der Waals surface area contributed by atoms with Crippen LogP contribution in [0.4, 0.5) is 10.7 Å². The molecule has 0 saturated heterocycles. The van der Waals surface area contributed by atoms with Crippen LogP contribution in [-0.4, -0.2) is 28.3 Å². The monoisotopic (exact) mass is 313 g/mol. The maximum Gasteiger partial charge on any atom is 0.180 e. The van der Waals surface area contributed by atoms with Crippen LogP contribution in [0.5, 0.6) is 0 Å². The van der Waals surface area contributed by atoms with E-state index in [9.17, 15) is 8.42 Å². The van der Waals surface area contributed by atoms with E-state index >= 15 is 0 Å². The first-order chi connectivity index (χ1) is 9.34. The van der Waals surface area contributed by atoms with E-state index in [1.54, 1.807) is 0 Å². The van der Waals surface area contributed by atoms with Crippen molar-refractivity contribution in [3.05, 3.63) is 4.88 Å². The van der Waals surface area contributed by atoms with Gasteiger partial charge in [0.15, 0.2) is 9.84 Å². The summed E-state index contributed by atoms with van der Waals surface area (Å²) in [5.41, 5.74) is 5.92. The van der Waals surface area contributed by atoms with E-state index in [1.807, 2.05) is 18.0 Å². The largest absolute Gasteiger partial charge is 0.396 e. The molecule has 20 heavy (non-hydrogen) atoms. The van der Waals surface area contributed by atoms with Crippen LogP contribution in [-0.2, 0) is 9.84 Å². The summed E-state index contributed by atoms with van der Waals surface area (Å²) in [7, 11) is -1.56. The van der Waals surface area contributed by atoms with Crippen LogP contribution < -0.4 is 10.6 Å². The fraction of sp³-hybridized carbons (Fsp3) is 0.615. The van der Waals surface area contributed by atoms with Crippen molar-refractivity contribution in [1.29, 1.82) is 5.26 Å². The minimum absolute atomic E-state index is 0.0910. The van der Waals surface area contributed by atoms with E-state index in [0.717, 1.165) is 12.8 Å². The number of sulfone groups is 1. The molecule has 2 N–H and O–H groups in total. The molecule has 1 aliphatic rings. The summed E-state index contributed by atoms with van der Waals surface area (Å²) in [6.45, 7) is 0.813. The van der Waals surface area contributed by atoms with Gasteiger partial charge in [0.1, 0.15) is 20.8 Å². The Labute approximate surface area is 123 Å². The van der Waals surface area contributed by atoms with Crippen LogP contribution in [0.15, 0.2) is 4.90 Å². The zero-order valence-electron chi connectivity index (χ0n) is 11.7. The quantitative estimate of drug-likeness (QED) is 0.921. The topological polar surface area (TPSA) is 87.2 Å². The predicted octanol–water partition coefficient (Wildman–Crippen LogP) is 2.23. The van der Waals surface area contributed by atoms with Gasteiger partial charge in [0.2, 0.25) is 0 Å². The first kappa shape index (κ1) is 15.1. The van der Waals surface area contributed by atoms with Gasteiger partial charge in [-0.3, -0.25) is 0 Å². The number of rotatable bonds is 4. The van der Waals surface area contributed by atoms with Gasteiger partial charge in [0.25, 0.3) is 0 Å². The summed E-state index contributed by atoms with van der Waals surface area (Å²) < 4.78 is 23.9. The number of nitrogens with two attached hydrogens (primary N) is 1. The van der Waals surface area contributed by atoms with Gasteiger partial charge in [0, 0.05) is 19.8 Å². The zero-order valence-corrected chi connectivity index (χ0v) is 13.4. The lowest BCUT2D eigenvalue weighted by Gasteiger charge is -2.22. The number of nitrogens with zero attached hydrogens (tertiary/aromatic N) is 2. The Hall–Kier alpha value is -1.26. The lowest BCUT2D eigenvalue weighted by atomic mass is 10.1. The average molecular weight is 313 g/mol. The highest BCUT2D eigenvalue weighted by Gasteiger charge is 2.27. The Balaban J connectivity index is 2.37. The normalized spacial score (nSPS) is 16.2. The molecule has 2 rings (SSSR count). The Morgan fingerprint density at radius 3 is 2.55 bits per heavy atom. The molecule has 1 saturated carbocycles. The lowest BCUT2D eigenvalue weighted by Crippen LogP contribution is -2.24. The molecule has 5 nitrogen and oxygen atoms in total. The molecule has 0 unspecified atom stereocenters. The fourth-order valence-electron chi connectivity index (χ4n) is 2.77. The summed E-state index contributed by atoms with van der Waals surface area (Å²) in [6.07, 6.45) is 6.00. The van der Waals surface area contributed by atoms with Crippen LogP contribution in [0.1, 0.15) is 30.6 Å². The van der Waals surface area contributed by atoms with E-state index in [4.69, 9.17) is 11.0 Å². The predicted molar refractivity (Wildman–Crippen MR) is 81.8 cm³/mol. The molecule has 7 heteroatoms. The van der Waals surface area contributed by atoms with Crippen molar-refractivity contribution in [3.63, 3.8) is 0 Å². The SMILES string of the molecule is CN(CC1CCCC1)c1sc(C#N)c(N)c1S(C)(=O)=O. The number of hydrogen-bond donors (Lipinski definition) is 1. The average Bonchev–Trinajstić information content (AvgIpc) is 2.95. The zero-order chi connectivity index (χ0) is 14.9. The van der Waals surface area contributed by atoms with E-state index in [2.05, 4.69) is 0 Å². The van der Waals surface area contributed by atoms with Crippen molar-refractivity contribution in [3.8, 4) is 6.07 Å². The standard InChI is InChI=1S/C13H19N3O2S2/c1-16(8-9-5-3-4-6-9)13-12(20(2,17)18)11(15)10(7-14)19-13/h9H,3-6,8,15H2,1-2H3. The second-order valence-corrected chi connectivity index (χ2v) is 8.35. The minimum atomic E-state index is -3.44. The van der Waals surface area contributed by atoms with E-state index in [0.29, 0.717) is 10.9 Å². The molecule has 0 spiro atoms. The third-order valence-electron chi connectivity index (χ3n) is 3.71. The number of nitrogen functional groups attached to an aromatic ring is 1. The van der Waals surface area contributed by atoms with Gasteiger partial charge in [-0.2, -0.15) is 5.26 Å². The van der Waals surface area contributed by atoms with Crippen molar-refractivity contribution < 1.29 is 8.42 Å². The molecule has 1 aromatic rings. The van der Waals surface area contributed by atoms with Crippen LogP contribution >= 0.6 is 11.3 Å². The molecule has 110 valence electrons. The van der Waals surface area contributed by atoms with Crippen molar-refractivity contribution in [2.24, 2.45) is 5.92 Å². The van der Waals surface area contributed by atoms with Crippen LogP contribution in [0.3, 0.4) is 0 Å². The van der Waals surface area contributed by atoms with E-state index < -0.39 is 9.84 Å². The molecular weight excluding hydrogens is 294 g/mol. The van der Waals surface area contributed by atoms with Crippen molar-refractivity contribution in [1.82, 2.24) is 0 Å². The van der Waals surface area contributed by atoms with E-state index in [-0.39, 0.29) is 15.5 Å². The fourth-order valence-corrected chi connectivity index (χ4v) is 5.27. The number of thiophene rings is 1. The van der Waals surface area contributed by atoms with Gasteiger partial charge in [-0.05, 0) is 18.8 Å². The van der Waals surface area contributed by atoms with Crippen molar-refractivity contribution >= 4 is 31.9 Å². The summed E-state index contributed by atoms with van der Waals surface area (Å²) in [6, 6.07) is 1.98. The molecule has 0 aliphatic heterocycles. The Kier molecular flexibility index (Phi) is 4.25. The second kappa shape index (κ2) is 5.62. The summed E-state index contributed by atoms with van der Waals surface area (Å²) in [5.74, 6) is 0.598. The lowest BCUT2D eigenvalue weighted by molar-refractivity contribution is 0.546. The Bertz CT molecular complexity index is 637. The maximum absolute atomic E-state index is 11.9. The molecule has 1 aliphatic carbocycles. The van der Waals surface area contributed by atoms with Crippen LogP contribution in [0.2, 0.25) is 0 Å². The Morgan fingerprint density at radius 1 is 1.45 bits per heavy atom. The summed E-state index contributed by atoms with van der Waals surface area (Å²) >= 11 is 1.17. The van der Waals surface area contributed by atoms with Gasteiger partial charge in [-0.25, -0.2) is 8.42 Å². The number of hydrogen-bond acceptors (Lipinski definition) is 6.